The van der Waals surface area contributed by atoms with Gasteiger partial charge in [-0.05, 0) is 5.92 Å². The third kappa shape index (κ3) is 6.81. The number of hydrogen-bond acceptors (Lipinski definition) is 11. The van der Waals surface area contributed by atoms with Gasteiger partial charge in [-0.2, -0.15) is 0 Å². The Morgan fingerprint density at radius 2 is 2.10 bits per heavy atom. The zero-order valence-electron chi connectivity index (χ0n) is 18.0. The molecule has 0 spiro atoms. The third-order valence-corrected chi connectivity index (χ3v) is 6.52. The van der Waals surface area contributed by atoms with Gasteiger partial charge < -0.3 is 14.8 Å². The second-order valence-electron chi connectivity index (χ2n) is 7.71. The van der Waals surface area contributed by atoms with E-state index in [0.717, 1.165) is 11.3 Å². The first-order chi connectivity index (χ1) is 14.5. The predicted molar refractivity (Wildman–Crippen MR) is 109 cm³/mol. The van der Waals surface area contributed by atoms with Crippen LogP contribution in [0.4, 0.5) is 0 Å². The van der Waals surface area contributed by atoms with E-state index in [0.29, 0.717) is 10.6 Å². The number of ether oxygens (including phenoxy) is 2. The van der Waals surface area contributed by atoms with Crippen LogP contribution in [0.3, 0.4) is 0 Å². The van der Waals surface area contributed by atoms with Crippen molar-refractivity contribution in [1.29, 1.82) is 0 Å². The van der Waals surface area contributed by atoms with Crippen LogP contribution >= 0.6 is 19.2 Å². The standard InChI is InChI=1S/C18H27N2O9PS/c1-11(2)13-14(31-9-20-13)17(23)26-10-28-30(24)27-8-18(3,4)15(29-30)16(22)19-7-6-12(21)25-5/h9,11,15H,6-8,10H2,1-5H3,(H,19,22)/t15-,30-/m0/s1. The van der Waals surface area contributed by atoms with Crippen LogP contribution in [0.1, 0.15) is 55.4 Å². The number of hydrogen-bond donors (Lipinski definition) is 1. The minimum atomic E-state index is -4.17. The van der Waals surface area contributed by atoms with E-state index < -0.39 is 44.0 Å². The topological polar surface area (TPSA) is 139 Å². The summed E-state index contributed by atoms with van der Waals surface area (Å²) in [5.41, 5.74) is 1.31. The second kappa shape index (κ2) is 10.6. The lowest BCUT2D eigenvalue weighted by Crippen LogP contribution is -2.50. The number of thiazole rings is 1. The molecule has 1 fully saturated rings. The number of aromatic nitrogens is 1. The van der Waals surface area contributed by atoms with Gasteiger partial charge in [-0.15, -0.1) is 11.3 Å². The van der Waals surface area contributed by atoms with Gasteiger partial charge in [0.15, 0.2) is 6.10 Å². The molecule has 2 atom stereocenters. The molecular formula is C18H27N2O9PS. The van der Waals surface area contributed by atoms with Crippen molar-refractivity contribution in [2.75, 3.05) is 27.1 Å². The van der Waals surface area contributed by atoms with E-state index in [9.17, 15) is 18.9 Å². The maximum absolute atomic E-state index is 12.8. The van der Waals surface area contributed by atoms with Gasteiger partial charge in [-0.25, -0.2) is 18.9 Å². The Morgan fingerprint density at radius 3 is 2.74 bits per heavy atom. The lowest BCUT2D eigenvalue weighted by Gasteiger charge is -2.39. The molecule has 2 rings (SSSR count). The highest BCUT2D eigenvalue weighted by Gasteiger charge is 2.49. The summed E-state index contributed by atoms with van der Waals surface area (Å²) >= 11 is 1.13. The molecule has 1 aliphatic rings. The number of rotatable bonds is 9. The van der Waals surface area contributed by atoms with Crippen molar-refractivity contribution in [2.24, 2.45) is 5.41 Å². The predicted octanol–water partition coefficient (Wildman–Crippen LogP) is 2.63. The molecule has 31 heavy (non-hydrogen) atoms. The van der Waals surface area contributed by atoms with E-state index in [-0.39, 0.29) is 25.5 Å². The highest BCUT2D eigenvalue weighted by Crippen LogP contribution is 2.57. The summed E-state index contributed by atoms with van der Waals surface area (Å²) in [4.78, 5) is 40.4. The maximum atomic E-state index is 12.8. The summed E-state index contributed by atoms with van der Waals surface area (Å²) < 4.78 is 38.0. The third-order valence-electron chi connectivity index (χ3n) is 4.36. The molecule has 1 aromatic rings. The zero-order chi connectivity index (χ0) is 23.2. The fourth-order valence-corrected chi connectivity index (χ4v) is 4.95. The molecule has 0 radical (unpaired) electrons. The SMILES string of the molecule is COC(=O)CCNC(=O)[C@@H]1O[P@](=O)(OCOC(=O)c2scnc2C(C)C)OCC1(C)C. The van der Waals surface area contributed by atoms with Crippen molar-refractivity contribution in [1.82, 2.24) is 10.3 Å². The van der Waals surface area contributed by atoms with Crippen molar-refractivity contribution in [3.05, 3.63) is 16.1 Å². The number of carbonyl (C=O) groups excluding carboxylic acids is 3. The van der Waals surface area contributed by atoms with Gasteiger partial charge in [0.25, 0.3) is 0 Å². The van der Waals surface area contributed by atoms with Crippen LogP contribution in [-0.4, -0.2) is 56.0 Å². The number of phosphoric acid groups is 1. The molecule has 1 aromatic heterocycles. The minimum absolute atomic E-state index is 0.0219. The molecule has 0 aromatic carbocycles. The first kappa shape index (κ1) is 25.4. The van der Waals surface area contributed by atoms with Gasteiger partial charge in [0.05, 0.1) is 31.3 Å². The van der Waals surface area contributed by atoms with Crippen LogP contribution in [0.2, 0.25) is 0 Å². The van der Waals surface area contributed by atoms with E-state index in [4.69, 9.17) is 18.3 Å². The van der Waals surface area contributed by atoms with Crippen LogP contribution in [0, 0.1) is 5.41 Å². The fourth-order valence-electron chi connectivity index (χ4n) is 2.61. The van der Waals surface area contributed by atoms with E-state index >= 15 is 0 Å². The summed E-state index contributed by atoms with van der Waals surface area (Å²) in [6, 6.07) is 0. The molecule has 1 saturated heterocycles. The largest absolute Gasteiger partial charge is 0.478 e. The van der Waals surface area contributed by atoms with Gasteiger partial charge in [-0.3, -0.25) is 18.6 Å². The van der Waals surface area contributed by atoms with Crippen molar-refractivity contribution >= 4 is 37.0 Å². The molecular weight excluding hydrogens is 451 g/mol. The van der Waals surface area contributed by atoms with Crippen molar-refractivity contribution in [3.63, 3.8) is 0 Å². The average molecular weight is 478 g/mol. The van der Waals surface area contributed by atoms with Crippen molar-refractivity contribution < 1.29 is 42.0 Å². The number of esters is 2. The molecule has 174 valence electrons. The summed E-state index contributed by atoms with van der Waals surface area (Å²) in [5, 5.41) is 2.53. The van der Waals surface area contributed by atoms with E-state index in [1.807, 2.05) is 13.8 Å². The smallest absolute Gasteiger partial charge is 0.469 e. The second-order valence-corrected chi connectivity index (χ2v) is 10.2. The minimum Gasteiger partial charge on any atom is -0.469 e. The Balaban J connectivity index is 1.93. The number of nitrogens with zero attached hydrogens (tertiary/aromatic N) is 1. The summed E-state index contributed by atoms with van der Waals surface area (Å²) in [6.45, 7) is 6.40. The number of amides is 1. The van der Waals surface area contributed by atoms with E-state index in [1.165, 1.54) is 12.6 Å². The quantitative estimate of drug-likeness (QED) is 0.320. The van der Waals surface area contributed by atoms with Gasteiger partial charge in [0, 0.05) is 12.0 Å². The fraction of sp³-hybridized carbons (Fsp3) is 0.667. The van der Waals surface area contributed by atoms with Crippen LogP contribution in [0.25, 0.3) is 0 Å². The zero-order valence-corrected chi connectivity index (χ0v) is 19.7. The highest BCUT2D eigenvalue weighted by molar-refractivity contribution is 7.48. The molecule has 0 unspecified atom stereocenters. The summed E-state index contributed by atoms with van der Waals surface area (Å²) in [6.07, 6.45) is -1.19. The molecule has 1 aliphatic heterocycles. The van der Waals surface area contributed by atoms with Crippen molar-refractivity contribution in [3.8, 4) is 0 Å². The van der Waals surface area contributed by atoms with Gasteiger partial charge in [-0.1, -0.05) is 27.7 Å². The normalized spacial score (nSPS) is 22.7. The first-order valence-electron chi connectivity index (χ1n) is 9.51. The molecule has 0 bridgehead atoms. The Kier molecular flexibility index (Phi) is 8.73. The molecule has 11 nitrogen and oxygen atoms in total. The lowest BCUT2D eigenvalue weighted by molar-refractivity contribution is -0.144. The van der Waals surface area contributed by atoms with Crippen LogP contribution < -0.4 is 5.32 Å². The molecule has 13 heteroatoms. The van der Waals surface area contributed by atoms with Crippen LogP contribution in [-0.2, 0) is 37.2 Å². The number of nitrogens with one attached hydrogen (secondary N) is 1. The molecule has 0 saturated carbocycles. The molecule has 1 amide bonds. The maximum Gasteiger partial charge on any atom is 0.478 e. The number of carbonyl (C=O) groups is 3. The van der Waals surface area contributed by atoms with Gasteiger partial charge in [0.2, 0.25) is 12.7 Å². The van der Waals surface area contributed by atoms with Crippen LogP contribution in [0.5, 0.6) is 0 Å². The van der Waals surface area contributed by atoms with Gasteiger partial charge >= 0.3 is 19.8 Å². The van der Waals surface area contributed by atoms with Crippen molar-refractivity contribution in [2.45, 2.75) is 46.1 Å². The van der Waals surface area contributed by atoms with Gasteiger partial charge in [0.1, 0.15) is 4.88 Å². The lowest BCUT2D eigenvalue weighted by atomic mass is 9.87. The Hall–Kier alpha value is -1.85. The molecule has 1 N–H and O–H groups in total. The Morgan fingerprint density at radius 1 is 1.39 bits per heavy atom. The van der Waals surface area contributed by atoms with E-state index in [1.54, 1.807) is 13.8 Å². The van der Waals surface area contributed by atoms with E-state index in [2.05, 4.69) is 15.0 Å². The Bertz CT molecular complexity index is 855. The Labute approximate surface area is 184 Å². The monoisotopic (exact) mass is 478 g/mol. The number of methoxy groups -OCH3 is 1. The average Bonchev–Trinajstić information content (AvgIpc) is 3.20. The summed E-state index contributed by atoms with van der Waals surface area (Å²) in [5.74, 6) is -1.71. The number of phosphoric ester groups is 1. The first-order valence-corrected chi connectivity index (χ1v) is 11.9. The summed E-state index contributed by atoms with van der Waals surface area (Å²) in [7, 11) is -2.92. The highest BCUT2D eigenvalue weighted by atomic mass is 32.1. The molecule has 2 heterocycles. The van der Waals surface area contributed by atoms with Crippen LogP contribution in [0.15, 0.2) is 5.51 Å². The molecule has 0 aliphatic carbocycles.